The summed E-state index contributed by atoms with van der Waals surface area (Å²) in [5, 5.41) is 4.20. The van der Waals surface area contributed by atoms with Crippen LogP contribution in [0.4, 0.5) is 11.8 Å². The Morgan fingerprint density at radius 1 is 1.05 bits per heavy atom. The van der Waals surface area contributed by atoms with Gasteiger partial charge in [0.1, 0.15) is 5.82 Å². The van der Waals surface area contributed by atoms with Gasteiger partial charge in [-0.15, -0.1) is 0 Å². The minimum atomic E-state index is 0.613. The van der Waals surface area contributed by atoms with Crippen LogP contribution in [0.3, 0.4) is 0 Å². The maximum absolute atomic E-state index is 4.70. The fraction of sp³-hybridized carbons (Fsp3) is 0.500. The van der Waals surface area contributed by atoms with Gasteiger partial charge in [-0.3, -0.25) is 4.90 Å². The Balaban J connectivity index is 1.93. The van der Waals surface area contributed by atoms with Gasteiger partial charge in [0.25, 0.3) is 0 Å². The average Bonchev–Trinajstić information content (AvgIpc) is 2.53. The van der Waals surface area contributed by atoms with Crippen molar-refractivity contribution < 1.29 is 0 Å². The number of hydrogen-bond donors (Lipinski definition) is 1. The van der Waals surface area contributed by atoms with E-state index < -0.39 is 0 Å². The summed E-state index contributed by atoms with van der Waals surface area (Å²) >= 11 is 0. The van der Waals surface area contributed by atoms with Crippen LogP contribution in [-0.4, -0.2) is 54.1 Å². The van der Waals surface area contributed by atoms with Crippen molar-refractivity contribution in [3.63, 3.8) is 0 Å². The van der Waals surface area contributed by atoms with Gasteiger partial charge in [0, 0.05) is 44.7 Å². The molecule has 1 saturated heterocycles. The SMILES string of the molecule is CNc1nc(N2CCN(C(C)C)CC2)c2ccccc2n1. The highest BCUT2D eigenvalue weighted by Gasteiger charge is 2.21. The van der Waals surface area contributed by atoms with E-state index in [0.717, 1.165) is 42.9 Å². The highest BCUT2D eigenvalue weighted by molar-refractivity contribution is 5.90. The Morgan fingerprint density at radius 3 is 2.43 bits per heavy atom. The molecule has 0 radical (unpaired) electrons. The Kier molecular flexibility index (Phi) is 3.92. The summed E-state index contributed by atoms with van der Waals surface area (Å²) in [6, 6.07) is 8.85. The topological polar surface area (TPSA) is 44.3 Å². The van der Waals surface area contributed by atoms with E-state index in [-0.39, 0.29) is 0 Å². The second kappa shape index (κ2) is 5.85. The molecule has 2 aromatic rings. The van der Waals surface area contributed by atoms with Crippen molar-refractivity contribution in [3.8, 4) is 0 Å². The molecule has 1 aromatic heterocycles. The summed E-state index contributed by atoms with van der Waals surface area (Å²) in [6.07, 6.45) is 0. The van der Waals surface area contributed by atoms with Crippen LogP contribution >= 0.6 is 0 Å². The summed E-state index contributed by atoms with van der Waals surface area (Å²) < 4.78 is 0. The minimum absolute atomic E-state index is 0.613. The third-order valence-electron chi connectivity index (χ3n) is 4.15. The highest BCUT2D eigenvalue weighted by atomic mass is 15.3. The van der Waals surface area contributed by atoms with Crippen molar-refractivity contribution in [2.75, 3.05) is 43.4 Å². The van der Waals surface area contributed by atoms with Gasteiger partial charge < -0.3 is 10.2 Å². The maximum Gasteiger partial charge on any atom is 0.224 e. The van der Waals surface area contributed by atoms with Crippen LogP contribution in [0.2, 0.25) is 0 Å². The van der Waals surface area contributed by atoms with Crippen LogP contribution in [0.15, 0.2) is 24.3 Å². The van der Waals surface area contributed by atoms with Gasteiger partial charge >= 0.3 is 0 Å². The Bertz CT molecular complexity index is 617. The number of rotatable bonds is 3. The number of nitrogens with one attached hydrogen (secondary N) is 1. The first-order valence-electron chi connectivity index (χ1n) is 7.62. The molecule has 2 heterocycles. The molecule has 0 aliphatic carbocycles. The molecule has 1 aliphatic rings. The van der Waals surface area contributed by atoms with Gasteiger partial charge in [0.15, 0.2) is 0 Å². The molecule has 0 unspecified atom stereocenters. The van der Waals surface area contributed by atoms with Gasteiger partial charge in [0.05, 0.1) is 5.52 Å². The zero-order chi connectivity index (χ0) is 14.8. The minimum Gasteiger partial charge on any atom is -0.357 e. The number of aromatic nitrogens is 2. The molecule has 5 heteroatoms. The normalized spacial score (nSPS) is 16.7. The zero-order valence-electron chi connectivity index (χ0n) is 13.0. The van der Waals surface area contributed by atoms with Crippen molar-refractivity contribution >= 4 is 22.7 Å². The van der Waals surface area contributed by atoms with Crippen molar-refractivity contribution in [1.82, 2.24) is 14.9 Å². The number of piperazine rings is 1. The Hall–Kier alpha value is -1.88. The van der Waals surface area contributed by atoms with Crippen molar-refractivity contribution in [2.24, 2.45) is 0 Å². The largest absolute Gasteiger partial charge is 0.357 e. The van der Waals surface area contributed by atoms with Crippen LogP contribution in [0.1, 0.15) is 13.8 Å². The summed E-state index contributed by atoms with van der Waals surface area (Å²) in [4.78, 5) is 14.1. The van der Waals surface area contributed by atoms with Crippen molar-refractivity contribution in [2.45, 2.75) is 19.9 Å². The molecular weight excluding hydrogens is 262 g/mol. The maximum atomic E-state index is 4.70. The van der Waals surface area contributed by atoms with Gasteiger partial charge in [-0.1, -0.05) is 12.1 Å². The van der Waals surface area contributed by atoms with Crippen LogP contribution in [0, 0.1) is 0 Å². The second-order valence-electron chi connectivity index (χ2n) is 5.75. The molecule has 0 atom stereocenters. The third-order valence-corrected chi connectivity index (χ3v) is 4.15. The van der Waals surface area contributed by atoms with Crippen LogP contribution in [0.25, 0.3) is 10.9 Å². The second-order valence-corrected chi connectivity index (χ2v) is 5.75. The molecule has 1 aromatic carbocycles. The van der Waals surface area contributed by atoms with Crippen LogP contribution < -0.4 is 10.2 Å². The molecule has 112 valence electrons. The van der Waals surface area contributed by atoms with E-state index >= 15 is 0 Å². The van der Waals surface area contributed by atoms with Crippen LogP contribution in [0.5, 0.6) is 0 Å². The third kappa shape index (κ3) is 2.78. The molecule has 0 amide bonds. The van der Waals surface area contributed by atoms with Gasteiger partial charge in [0.2, 0.25) is 5.95 Å². The summed E-state index contributed by atoms with van der Waals surface area (Å²) in [5.41, 5.74) is 0.998. The van der Waals surface area contributed by atoms with Gasteiger partial charge in [-0.2, -0.15) is 4.98 Å². The van der Waals surface area contributed by atoms with E-state index in [1.807, 2.05) is 19.2 Å². The molecule has 0 bridgehead atoms. The lowest BCUT2D eigenvalue weighted by atomic mass is 10.2. The molecule has 1 aliphatic heterocycles. The Morgan fingerprint density at radius 2 is 1.76 bits per heavy atom. The molecular formula is C16H23N5. The smallest absolute Gasteiger partial charge is 0.224 e. The Labute approximate surface area is 126 Å². The predicted molar refractivity (Wildman–Crippen MR) is 88.0 cm³/mol. The molecule has 21 heavy (non-hydrogen) atoms. The lowest BCUT2D eigenvalue weighted by molar-refractivity contribution is 0.209. The number of nitrogens with zero attached hydrogens (tertiary/aromatic N) is 4. The first kappa shape index (κ1) is 14.1. The molecule has 1 fully saturated rings. The number of para-hydroxylation sites is 1. The lowest BCUT2D eigenvalue weighted by Gasteiger charge is -2.37. The lowest BCUT2D eigenvalue weighted by Crippen LogP contribution is -2.49. The predicted octanol–water partition coefficient (Wildman–Crippen LogP) is 2.20. The van der Waals surface area contributed by atoms with Gasteiger partial charge in [-0.05, 0) is 26.0 Å². The van der Waals surface area contributed by atoms with E-state index in [4.69, 9.17) is 4.98 Å². The summed E-state index contributed by atoms with van der Waals surface area (Å²) in [5.74, 6) is 1.74. The van der Waals surface area contributed by atoms with E-state index in [0.29, 0.717) is 12.0 Å². The number of fused-ring (bicyclic) bond motifs is 1. The zero-order valence-corrected chi connectivity index (χ0v) is 13.0. The molecule has 5 nitrogen and oxygen atoms in total. The average molecular weight is 285 g/mol. The summed E-state index contributed by atoms with van der Waals surface area (Å²) in [6.45, 7) is 8.73. The van der Waals surface area contributed by atoms with Crippen molar-refractivity contribution in [3.05, 3.63) is 24.3 Å². The number of anilines is 2. The number of benzene rings is 1. The molecule has 1 N–H and O–H groups in total. The van der Waals surface area contributed by atoms with Crippen LogP contribution in [-0.2, 0) is 0 Å². The molecule has 3 rings (SSSR count). The van der Waals surface area contributed by atoms with E-state index in [1.54, 1.807) is 0 Å². The fourth-order valence-electron chi connectivity index (χ4n) is 2.86. The van der Waals surface area contributed by atoms with E-state index in [2.05, 4.69) is 46.1 Å². The monoisotopic (exact) mass is 285 g/mol. The quantitative estimate of drug-likeness (QED) is 0.936. The van der Waals surface area contributed by atoms with Gasteiger partial charge in [-0.25, -0.2) is 4.98 Å². The fourth-order valence-corrected chi connectivity index (χ4v) is 2.86. The van der Waals surface area contributed by atoms with Crippen molar-refractivity contribution in [1.29, 1.82) is 0 Å². The first-order valence-corrected chi connectivity index (χ1v) is 7.62. The first-order chi connectivity index (χ1) is 10.2. The van der Waals surface area contributed by atoms with E-state index in [9.17, 15) is 0 Å². The highest BCUT2D eigenvalue weighted by Crippen LogP contribution is 2.26. The molecule has 0 spiro atoms. The standard InChI is InChI=1S/C16H23N5/c1-12(2)20-8-10-21(11-9-20)15-13-6-4-5-7-14(13)18-16(17-3)19-15/h4-7,12H,8-11H2,1-3H3,(H,17,18,19). The summed E-state index contributed by atoms with van der Waals surface area (Å²) in [7, 11) is 1.87. The molecule has 0 saturated carbocycles. The van der Waals surface area contributed by atoms with E-state index in [1.165, 1.54) is 0 Å². The number of hydrogen-bond acceptors (Lipinski definition) is 5.